The molecular formula is C18H36N4O6. The molecule has 10 nitrogen and oxygen atoms in total. The van der Waals surface area contributed by atoms with Crippen LogP contribution in [0.3, 0.4) is 0 Å². The van der Waals surface area contributed by atoms with Crippen LogP contribution in [-0.2, 0) is 19.0 Å². The van der Waals surface area contributed by atoms with Crippen LogP contribution in [0.25, 0.3) is 0 Å². The van der Waals surface area contributed by atoms with Crippen molar-refractivity contribution < 1.29 is 28.6 Å². The molecular weight excluding hydrogens is 368 g/mol. The Hall–Kier alpha value is -2.07. The van der Waals surface area contributed by atoms with E-state index in [1.807, 2.05) is 13.8 Å². The lowest BCUT2D eigenvalue weighted by molar-refractivity contribution is -0.142. The molecule has 2 amide bonds. The summed E-state index contributed by atoms with van der Waals surface area (Å²) >= 11 is 0. The first-order valence-electron chi connectivity index (χ1n) is 9.81. The Bertz CT molecular complexity index is 422. The maximum atomic E-state index is 11.6. The minimum absolute atomic E-state index is 0.120. The number of nitrogens with one attached hydrogen (secondary N) is 2. The van der Waals surface area contributed by atoms with E-state index < -0.39 is 24.2 Å². The molecule has 1 atom stereocenters. The lowest BCUT2D eigenvalue weighted by Crippen LogP contribution is -2.46. The van der Waals surface area contributed by atoms with Crippen molar-refractivity contribution >= 4 is 18.2 Å². The fourth-order valence-electron chi connectivity index (χ4n) is 2.17. The van der Waals surface area contributed by atoms with E-state index in [4.69, 9.17) is 15.2 Å². The number of nitrogens with two attached hydrogens (primary N) is 1. The lowest BCUT2D eigenvalue weighted by atomic mass is 10.3. The van der Waals surface area contributed by atoms with Crippen LogP contribution in [0.4, 0.5) is 9.59 Å². The van der Waals surface area contributed by atoms with Gasteiger partial charge in [-0.05, 0) is 12.8 Å². The van der Waals surface area contributed by atoms with Gasteiger partial charge in [0.2, 0.25) is 0 Å². The molecule has 0 saturated carbocycles. The molecule has 0 heterocycles. The zero-order valence-corrected chi connectivity index (χ0v) is 17.3. The largest absolute Gasteiger partial charge is 0.468 e. The standard InChI is InChI=1S/C18H36N4O6/c1-4-6-8-20-17(24)27-12-10-22(14-15(19)16(23)26-3)11-13-28-18(25)21-9-7-5-2/h15H,4-14,19H2,1-3H3,(H,20,24)(H,21,25). The SMILES string of the molecule is CCCCNC(=O)OCCN(CCOC(=O)NCCCC)CC(N)C(=O)OC. The number of esters is 1. The van der Waals surface area contributed by atoms with E-state index in [9.17, 15) is 14.4 Å². The van der Waals surface area contributed by atoms with Crippen molar-refractivity contribution in [1.82, 2.24) is 15.5 Å². The van der Waals surface area contributed by atoms with Crippen LogP contribution in [0.1, 0.15) is 39.5 Å². The highest BCUT2D eigenvalue weighted by atomic mass is 16.6. The van der Waals surface area contributed by atoms with E-state index in [-0.39, 0.29) is 19.8 Å². The monoisotopic (exact) mass is 404 g/mol. The molecule has 4 N–H and O–H groups in total. The number of carbonyl (C=O) groups is 3. The van der Waals surface area contributed by atoms with Gasteiger partial charge in [0.25, 0.3) is 0 Å². The summed E-state index contributed by atoms with van der Waals surface area (Å²) in [5, 5.41) is 5.30. The van der Waals surface area contributed by atoms with Crippen molar-refractivity contribution in [3.8, 4) is 0 Å². The minimum Gasteiger partial charge on any atom is -0.468 e. The van der Waals surface area contributed by atoms with Crippen LogP contribution in [-0.4, -0.2) is 82.1 Å². The maximum absolute atomic E-state index is 11.6. The summed E-state index contributed by atoms with van der Waals surface area (Å²) in [6.07, 6.45) is 2.74. The Morgan fingerprint density at radius 2 is 1.39 bits per heavy atom. The number of rotatable bonds is 15. The van der Waals surface area contributed by atoms with Gasteiger partial charge in [-0.3, -0.25) is 9.69 Å². The topological polar surface area (TPSA) is 132 Å². The Morgan fingerprint density at radius 1 is 0.929 bits per heavy atom. The lowest BCUT2D eigenvalue weighted by Gasteiger charge is -2.24. The summed E-state index contributed by atoms with van der Waals surface area (Å²) < 4.78 is 14.8. The number of methoxy groups -OCH3 is 1. The summed E-state index contributed by atoms with van der Waals surface area (Å²) in [5.74, 6) is -0.540. The molecule has 0 radical (unpaired) electrons. The maximum Gasteiger partial charge on any atom is 0.407 e. The van der Waals surface area contributed by atoms with E-state index >= 15 is 0 Å². The highest BCUT2D eigenvalue weighted by molar-refractivity contribution is 5.75. The molecule has 0 spiro atoms. The number of hydrogen-bond acceptors (Lipinski definition) is 8. The predicted molar refractivity (Wildman–Crippen MR) is 105 cm³/mol. The molecule has 0 aromatic rings. The Labute approximate surface area is 167 Å². The zero-order valence-electron chi connectivity index (χ0n) is 17.3. The predicted octanol–water partition coefficient (Wildman–Crippen LogP) is 0.841. The molecule has 0 rings (SSSR count). The average Bonchev–Trinajstić information content (AvgIpc) is 2.67. The number of hydrogen-bond donors (Lipinski definition) is 3. The first-order valence-corrected chi connectivity index (χ1v) is 9.81. The molecule has 0 aliphatic carbocycles. The Kier molecular flexibility index (Phi) is 15.8. The highest BCUT2D eigenvalue weighted by Crippen LogP contribution is 1.96. The normalized spacial score (nSPS) is 11.6. The Balaban J connectivity index is 4.32. The van der Waals surface area contributed by atoms with Gasteiger partial charge in [-0.1, -0.05) is 26.7 Å². The van der Waals surface area contributed by atoms with Gasteiger partial charge in [-0.25, -0.2) is 9.59 Å². The second kappa shape index (κ2) is 17.1. The third kappa shape index (κ3) is 14.0. The van der Waals surface area contributed by atoms with Gasteiger partial charge < -0.3 is 30.6 Å². The van der Waals surface area contributed by atoms with Crippen molar-refractivity contribution in [1.29, 1.82) is 0 Å². The third-order valence-electron chi connectivity index (χ3n) is 3.84. The smallest absolute Gasteiger partial charge is 0.407 e. The van der Waals surface area contributed by atoms with Crippen molar-refractivity contribution in [2.45, 2.75) is 45.6 Å². The van der Waals surface area contributed by atoms with Gasteiger partial charge in [0.1, 0.15) is 19.3 Å². The molecule has 0 aliphatic rings. The fourth-order valence-corrected chi connectivity index (χ4v) is 2.17. The molecule has 0 aromatic carbocycles. The molecule has 0 fully saturated rings. The summed E-state index contributed by atoms with van der Waals surface area (Å²) in [6.45, 7) is 6.29. The number of nitrogens with zero attached hydrogens (tertiary/aromatic N) is 1. The molecule has 10 heteroatoms. The first kappa shape index (κ1) is 25.9. The quantitative estimate of drug-likeness (QED) is 0.208. The van der Waals surface area contributed by atoms with Crippen LogP contribution in [0.15, 0.2) is 0 Å². The fraction of sp³-hybridized carbons (Fsp3) is 0.833. The summed E-state index contributed by atoms with van der Waals surface area (Å²) in [4.78, 5) is 36.5. The molecule has 0 saturated heterocycles. The van der Waals surface area contributed by atoms with Crippen LogP contribution in [0.2, 0.25) is 0 Å². The Morgan fingerprint density at radius 3 is 1.79 bits per heavy atom. The second-order valence-electron chi connectivity index (χ2n) is 6.26. The van der Waals surface area contributed by atoms with Crippen molar-refractivity contribution in [2.75, 3.05) is 53.0 Å². The van der Waals surface area contributed by atoms with Crippen LogP contribution >= 0.6 is 0 Å². The average molecular weight is 405 g/mol. The van der Waals surface area contributed by atoms with Crippen molar-refractivity contribution in [3.05, 3.63) is 0 Å². The number of unbranched alkanes of at least 4 members (excludes halogenated alkanes) is 2. The van der Waals surface area contributed by atoms with E-state index in [1.54, 1.807) is 4.90 Å². The van der Waals surface area contributed by atoms with Gasteiger partial charge in [0.15, 0.2) is 0 Å². The summed E-state index contributed by atoms with van der Waals surface area (Å²) in [6, 6.07) is -0.846. The molecule has 28 heavy (non-hydrogen) atoms. The zero-order chi connectivity index (χ0) is 21.2. The van der Waals surface area contributed by atoms with Crippen LogP contribution < -0.4 is 16.4 Å². The number of ether oxygens (including phenoxy) is 3. The molecule has 0 bridgehead atoms. The van der Waals surface area contributed by atoms with Crippen LogP contribution in [0.5, 0.6) is 0 Å². The van der Waals surface area contributed by atoms with Crippen LogP contribution in [0, 0.1) is 0 Å². The molecule has 0 aliphatic heterocycles. The van der Waals surface area contributed by atoms with E-state index in [0.29, 0.717) is 26.2 Å². The van der Waals surface area contributed by atoms with Gasteiger partial charge in [-0.2, -0.15) is 0 Å². The van der Waals surface area contributed by atoms with E-state index in [2.05, 4.69) is 15.4 Å². The van der Waals surface area contributed by atoms with Crippen molar-refractivity contribution in [2.24, 2.45) is 5.73 Å². The number of amides is 2. The molecule has 164 valence electrons. The van der Waals surface area contributed by atoms with Gasteiger partial charge in [-0.15, -0.1) is 0 Å². The van der Waals surface area contributed by atoms with Crippen molar-refractivity contribution in [3.63, 3.8) is 0 Å². The third-order valence-corrected chi connectivity index (χ3v) is 3.84. The first-order chi connectivity index (χ1) is 13.4. The molecule has 0 aromatic heterocycles. The summed E-state index contributed by atoms with van der Waals surface area (Å²) in [5.41, 5.74) is 5.80. The van der Waals surface area contributed by atoms with Gasteiger partial charge in [0.05, 0.1) is 7.11 Å². The van der Waals surface area contributed by atoms with Gasteiger partial charge >= 0.3 is 18.2 Å². The number of carbonyl (C=O) groups excluding carboxylic acids is 3. The molecule has 1 unspecified atom stereocenters. The number of alkyl carbamates (subject to hydrolysis) is 2. The summed E-state index contributed by atoms with van der Waals surface area (Å²) in [7, 11) is 1.26. The minimum atomic E-state index is -0.846. The van der Waals surface area contributed by atoms with E-state index in [1.165, 1.54) is 7.11 Å². The second-order valence-corrected chi connectivity index (χ2v) is 6.26. The highest BCUT2D eigenvalue weighted by Gasteiger charge is 2.19. The van der Waals surface area contributed by atoms with E-state index in [0.717, 1.165) is 25.7 Å². The van der Waals surface area contributed by atoms with Gasteiger partial charge in [0, 0.05) is 32.7 Å².